The minimum atomic E-state index is -0.746. The maximum absolute atomic E-state index is 13.7. The summed E-state index contributed by atoms with van der Waals surface area (Å²) in [5.41, 5.74) is 0.992. The van der Waals surface area contributed by atoms with Gasteiger partial charge in [0.2, 0.25) is 0 Å². The van der Waals surface area contributed by atoms with Crippen molar-refractivity contribution in [2.24, 2.45) is 0 Å². The summed E-state index contributed by atoms with van der Waals surface area (Å²) in [7, 11) is 0. The van der Waals surface area contributed by atoms with Gasteiger partial charge in [-0.1, -0.05) is 30.3 Å². The molecule has 0 spiro atoms. The van der Waals surface area contributed by atoms with E-state index in [-0.39, 0.29) is 22.8 Å². The number of halogens is 1. The lowest BCUT2D eigenvalue weighted by Gasteiger charge is -2.04. The maximum Gasteiger partial charge on any atom is 0.266 e. The molecule has 0 saturated carbocycles. The quantitative estimate of drug-likeness (QED) is 0.394. The fraction of sp³-hybridized carbons (Fsp3) is 0.0455. The van der Waals surface area contributed by atoms with Gasteiger partial charge >= 0.3 is 0 Å². The van der Waals surface area contributed by atoms with Crippen molar-refractivity contribution >= 4 is 23.5 Å². The summed E-state index contributed by atoms with van der Waals surface area (Å²) in [6.45, 7) is 1.47. The Morgan fingerprint density at radius 1 is 1.11 bits per heavy atom. The Bertz CT molecular complexity index is 1120. The molecule has 0 atom stereocenters. The standard InChI is InChI=1S/C22H15FN2O3/c1-14(26)15-5-4-6-16(11-15)21-10-9-18(28-21)12-17(13-24)22(27)25-20-8-3-2-7-19(20)23/h2-12H,1H3,(H,25,27)/b17-12-. The van der Waals surface area contributed by atoms with Crippen molar-refractivity contribution in [1.82, 2.24) is 0 Å². The number of furan rings is 1. The molecule has 0 radical (unpaired) electrons. The van der Waals surface area contributed by atoms with Crippen LogP contribution in [0.15, 0.2) is 70.7 Å². The molecule has 0 aliphatic rings. The van der Waals surface area contributed by atoms with Crippen LogP contribution in [0, 0.1) is 17.1 Å². The molecule has 1 amide bonds. The van der Waals surface area contributed by atoms with Gasteiger partial charge in [-0.15, -0.1) is 0 Å². The van der Waals surface area contributed by atoms with Gasteiger partial charge in [-0.3, -0.25) is 9.59 Å². The molecule has 5 nitrogen and oxygen atoms in total. The average molecular weight is 374 g/mol. The van der Waals surface area contributed by atoms with Crippen LogP contribution in [0.4, 0.5) is 10.1 Å². The number of ketones is 1. The van der Waals surface area contributed by atoms with Crippen molar-refractivity contribution in [3.63, 3.8) is 0 Å². The normalized spacial score (nSPS) is 11.0. The summed E-state index contributed by atoms with van der Waals surface area (Å²) in [5.74, 6) is -0.641. The second-order valence-corrected chi connectivity index (χ2v) is 5.94. The molecule has 2 aromatic carbocycles. The predicted octanol–water partition coefficient (Wildman–Crippen LogP) is 4.83. The molecule has 0 aliphatic heterocycles. The molecule has 0 saturated heterocycles. The summed E-state index contributed by atoms with van der Waals surface area (Å²) in [6, 6.07) is 17.7. The molecule has 138 valence electrons. The number of anilines is 1. The van der Waals surface area contributed by atoms with Gasteiger partial charge in [0.15, 0.2) is 5.78 Å². The van der Waals surface area contributed by atoms with Crippen LogP contribution < -0.4 is 5.32 Å². The summed E-state index contributed by atoms with van der Waals surface area (Å²) in [6.07, 6.45) is 1.27. The zero-order valence-corrected chi connectivity index (χ0v) is 14.9. The van der Waals surface area contributed by atoms with Crippen LogP contribution in [-0.2, 0) is 4.79 Å². The summed E-state index contributed by atoms with van der Waals surface area (Å²) in [4.78, 5) is 23.8. The van der Waals surface area contributed by atoms with Gasteiger partial charge in [0.25, 0.3) is 5.91 Å². The van der Waals surface area contributed by atoms with E-state index >= 15 is 0 Å². The number of para-hydroxylation sites is 1. The zero-order chi connectivity index (χ0) is 20.1. The molecular formula is C22H15FN2O3. The molecule has 3 aromatic rings. The third-order valence-corrected chi connectivity index (χ3v) is 3.95. The number of nitrogens with one attached hydrogen (secondary N) is 1. The first-order chi connectivity index (χ1) is 13.5. The molecule has 1 heterocycles. The second-order valence-electron chi connectivity index (χ2n) is 5.94. The fourth-order valence-electron chi connectivity index (χ4n) is 2.52. The highest BCUT2D eigenvalue weighted by molar-refractivity contribution is 6.09. The number of carbonyl (C=O) groups excluding carboxylic acids is 2. The van der Waals surface area contributed by atoms with Gasteiger partial charge in [0.05, 0.1) is 5.69 Å². The van der Waals surface area contributed by atoms with E-state index in [1.54, 1.807) is 48.5 Å². The van der Waals surface area contributed by atoms with Crippen molar-refractivity contribution in [1.29, 1.82) is 5.26 Å². The molecule has 0 fully saturated rings. The number of Topliss-reactive ketones (excluding diaryl/α,β-unsaturated/α-hetero) is 1. The van der Waals surface area contributed by atoms with Crippen LogP contribution in [0.25, 0.3) is 17.4 Å². The van der Waals surface area contributed by atoms with E-state index in [4.69, 9.17) is 4.42 Å². The van der Waals surface area contributed by atoms with E-state index in [2.05, 4.69) is 5.32 Å². The third kappa shape index (κ3) is 4.22. The number of amides is 1. The highest BCUT2D eigenvalue weighted by Crippen LogP contribution is 2.25. The van der Waals surface area contributed by atoms with Gasteiger partial charge in [-0.2, -0.15) is 5.26 Å². The number of carbonyl (C=O) groups is 2. The lowest BCUT2D eigenvalue weighted by Crippen LogP contribution is -2.14. The van der Waals surface area contributed by atoms with Crippen LogP contribution in [0.1, 0.15) is 23.0 Å². The largest absolute Gasteiger partial charge is 0.457 e. The number of rotatable bonds is 5. The minimum Gasteiger partial charge on any atom is -0.457 e. The Kier molecular flexibility index (Phi) is 5.47. The topological polar surface area (TPSA) is 83.1 Å². The van der Waals surface area contributed by atoms with Crippen molar-refractivity contribution in [3.8, 4) is 17.4 Å². The van der Waals surface area contributed by atoms with Crippen LogP contribution in [0.5, 0.6) is 0 Å². The second kappa shape index (κ2) is 8.14. The van der Waals surface area contributed by atoms with Gasteiger partial charge in [0, 0.05) is 17.2 Å². The first-order valence-electron chi connectivity index (χ1n) is 8.37. The van der Waals surface area contributed by atoms with E-state index in [9.17, 15) is 19.2 Å². The van der Waals surface area contributed by atoms with Gasteiger partial charge in [-0.05, 0) is 37.3 Å². The molecular weight excluding hydrogens is 359 g/mol. The molecule has 1 aromatic heterocycles. The van der Waals surface area contributed by atoms with Crippen molar-refractivity contribution in [3.05, 3.63) is 83.4 Å². The molecule has 0 unspecified atom stereocenters. The minimum absolute atomic E-state index is 0.0187. The Morgan fingerprint density at radius 3 is 2.61 bits per heavy atom. The molecule has 0 aliphatic carbocycles. The lowest BCUT2D eigenvalue weighted by atomic mass is 10.1. The van der Waals surface area contributed by atoms with E-state index in [1.807, 2.05) is 0 Å². The molecule has 6 heteroatoms. The highest BCUT2D eigenvalue weighted by atomic mass is 19.1. The lowest BCUT2D eigenvalue weighted by molar-refractivity contribution is -0.112. The molecule has 3 rings (SSSR count). The smallest absolute Gasteiger partial charge is 0.266 e. The average Bonchev–Trinajstić information content (AvgIpc) is 3.16. The third-order valence-electron chi connectivity index (χ3n) is 3.95. The van der Waals surface area contributed by atoms with Crippen molar-refractivity contribution in [2.45, 2.75) is 6.92 Å². The van der Waals surface area contributed by atoms with E-state index in [0.29, 0.717) is 16.9 Å². The number of nitrogens with zero attached hydrogens (tertiary/aromatic N) is 1. The van der Waals surface area contributed by atoms with E-state index < -0.39 is 11.7 Å². The number of hydrogen-bond acceptors (Lipinski definition) is 4. The zero-order valence-electron chi connectivity index (χ0n) is 14.9. The number of nitriles is 1. The summed E-state index contributed by atoms with van der Waals surface area (Å²) < 4.78 is 19.3. The van der Waals surface area contributed by atoms with Gasteiger partial charge < -0.3 is 9.73 Å². The van der Waals surface area contributed by atoms with Gasteiger partial charge in [-0.25, -0.2) is 4.39 Å². The summed E-state index contributed by atoms with van der Waals surface area (Å²) >= 11 is 0. The monoisotopic (exact) mass is 374 g/mol. The maximum atomic E-state index is 13.7. The Labute approximate surface area is 160 Å². The Morgan fingerprint density at radius 2 is 1.89 bits per heavy atom. The van der Waals surface area contributed by atoms with Crippen molar-refractivity contribution < 1.29 is 18.4 Å². The number of benzene rings is 2. The Balaban J connectivity index is 1.83. The first kappa shape index (κ1) is 18.8. The highest BCUT2D eigenvalue weighted by Gasteiger charge is 2.13. The van der Waals surface area contributed by atoms with Crippen molar-refractivity contribution in [2.75, 3.05) is 5.32 Å². The Hall–Kier alpha value is -3.98. The van der Waals surface area contributed by atoms with Crippen LogP contribution in [0.2, 0.25) is 0 Å². The number of hydrogen-bond donors (Lipinski definition) is 1. The predicted molar refractivity (Wildman–Crippen MR) is 103 cm³/mol. The summed E-state index contributed by atoms with van der Waals surface area (Å²) in [5, 5.41) is 11.6. The first-order valence-corrected chi connectivity index (χ1v) is 8.37. The SMILES string of the molecule is CC(=O)c1cccc(-c2ccc(/C=C(/C#N)C(=O)Nc3ccccc3F)o2)c1. The van der Waals surface area contributed by atoms with Gasteiger partial charge in [0.1, 0.15) is 29.0 Å². The van der Waals surface area contributed by atoms with E-state index in [1.165, 1.54) is 31.2 Å². The van der Waals surface area contributed by atoms with Crippen LogP contribution in [-0.4, -0.2) is 11.7 Å². The molecule has 1 N–H and O–H groups in total. The van der Waals surface area contributed by atoms with E-state index in [0.717, 1.165) is 0 Å². The molecule has 0 bridgehead atoms. The molecule has 28 heavy (non-hydrogen) atoms. The fourth-order valence-corrected chi connectivity index (χ4v) is 2.52. The van der Waals surface area contributed by atoms with Crippen LogP contribution >= 0.6 is 0 Å². The van der Waals surface area contributed by atoms with Crippen LogP contribution in [0.3, 0.4) is 0 Å².